The number of imidazole rings is 4. The number of methoxy groups -OCH3 is 2. The molecule has 34 nitrogen and oxygen atoms in total. The predicted molar refractivity (Wildman–Crippen MR) is 576 cm³/mol. The van der Waals surface area contributed by atoms with Crippen molar-refractivity contribution in [3.05, 3.63) is 472 Å². The van der Waals surface area contributed by atoms with E-state index in [4.69, 9.17) is 21.1 Å². The van der Waals surface area contributed by atoms with Gasteiger partial charge in [-0.1, -0.05) is 104 Å². The van der Waals surface area contributed by atoms with Crippen LogP contribution in [0.25, 0.3) is 83.9 Å². The zero-order valence-corrected chi connectivity index (χ0v) is 81.0. The SMILES string of the molecule is C=CC(=O)N1CC[C@@H](n2c(=O)n(-c3ccc(C(=O)NCc4cccc(OC)c4)cc3)c3cnccc32)C1.C=CC(=O)Nc1cccc(-n2c(=O)n(-c3ccc(NC(=O)c4cccc(C)c4)cc3)c3cnccc32)c1.C=CC(=O)Nc1cccc(-n2c(=O)n(-c3ccc(NC(=O)c4cccc(Cl)c4)cc3)c3cnccc32)c1.C=CC(=O)Nc1cccc(-n2c(=O)n(-c3ccc(NC(=O)c4ccccc4OC)cc3)c3cnccc32)c1. The summed E-state index contributed by atoms with van der Waals surface area (Å²) in [7, 11) is 3.11. The van der Waals surface area contributed by atoms with Gasteiger partial charge < -0.3 is 51.6 Å². The van der Waals surface area contributed by atoms with E-state index in [1.54, 1.807) is 341 Å². The number of aromatic nitrogens is 12. The van der Waals surface area contributed by atoms with Gasteiger partial charge in [0.15, 0.2) is 0 Å². The summed E-state index contributed by atoms with van der Waals surface area (Å²) >= 11 is 5.98. The number of para-hydroxylation sites is 1. The molecule has 0 radical (unpaired) electrons. The number of aryl methyl sites for hydroxylation is 1. The number of pyridine rings is 4. The number of hydrogen-bond acceptors (Lipinski definition) is 18. The Morgan fingerprint density at radius 2 is 0.752 bits per heavy atom. The Hall–Kier alpha value is -20.3. The van der Waals surface area contributed by atoms with Crippen molar-refractivity contribution in [1.82, 2.24) is 66.7 Å². The lowest BCUT2D eigenvalue weighted by molar-refractivity contribution is -0.125. The second kappa shape index (κ2) is 45.3. The highest BCUT2D eigenvalue weighted by molar-refractivity contribution is 6.31. The predicted octanol–water partition coefficient (Wildman–Crippen LogP) is 17.7. The van der Waals surface area contributed by atoms with E-state index in [1.807, 2.05) is 55.5 Å². The molecule has 11 aromatic carbocycles. The van der Waals surface area contributed by atoms with Crippen molar-refractivity contribution in [2.45, 2.75) is 25.9 Å². The number of carbonyl (C=O) groups is 8. The number of benzene rings is 11. The van der Waals surface area contributed by atoms with Crippen LogP contribution in [0.2, 0.25) is 5.02 Å². The van der Waals surface area contributed by atoms with Gasteiger partial charge in [-0.2, -0.15) is 0 Å². The van der Waals surface area contributed by atoms with E-state index in [-0.39, 0.29) is 76.1 Å². The van der Waals surface area contributed by atoms with E-state index in [9.17, 15) is 57.5 Å². The summed E-state index contributed by atoms with van der Waals surface area (Å²) in [5.41, 5.74) is 15.4. The molecular weight excluding hydrogens is 1910 g/mol. The summed E-state index contributed by atoms with van der Waals surface area (Å²) in [5, 5.41) is 20.1. The Labute approximate surface area is 854 Å². The molecule has 0 saturated carbocycles. The lowest BCUT2D eigenvalue weighted by atomic mass is 10.1. The average Bonchev–Trinajstić information content (AvgIpc) is 1.60. The third kappa shape index (κ3) is 22.3. The molecular formula is C114H93ClN20O14. The third-order valence-electron chi connectivity index (χ3n) is 24.1. The average molecular weight is 2000 g/mol. The van der Waals surface area contributed by atoms with Crippen LogP contribution in [0, 0.1) is 6.92 Å². The van der Waals surface area contributed by atoms with Gasteiger partial charge >= 0.3 is 22.8 Å². The van der Waals surface area contributed by atoms with Gasteiger partial charge in [0, 0.05) is 100 Å². The molecule has 0 spiro atoms. The van der Waals surface area contributed by atoms with Crippen LogP contribution in [-0.2, 0) is 25.7 Å². The van der Waals surface area contributed by atoms with Crippen LogP contribution < -0.4 is 69.5 Å². The highest BCUT2D eigenvalue weighted by Gasteiger charge is 2.31. The number of carbonyl (C=O) groups excluding carboxylic acids is 8. The summed E-state index contributed by atoms with van der Waals surface area (Å²) in [6.45, 7) is 17.3. The first kappa shape index (κ1) is 100. The van der Waals surface area contributed by atoms with Crippen molar-refractivity contribution in [2.24, 2.45) is 0 Å². The number of anilines is 6. The highest BCUT2D eigenvalue weighted by Crippen LogP contribution is 2.32. The molecule has 0 unspecified atom stereocenters. The van der Waals surface area contributed by atoms with Crippen LogP contribution in [0.5, 0.6) is 11.5 Å². The zero-order chi connectivity index (χ0) is 104. The van der Waals surface area contributed by atoms with Crippen LogP contribution in [0.15, 0.2) is 411 Å². The first-order valence-corrected chi connectivity index (χ1v) is 46.8. The summed E-state index contributed by atoms with van der Waals surface area (Å²) in [6.07, 6.45) is 18.5. The number of rotatable bonds is 26. The maximum Gasteiger partial charge on any atom is 0.338 e. The van der Waals surface area contributed by atoms with Crippen molar-refractivity contribution in [3.8, 4) is 51.3 Å². The molecule has 35 heteroatoms. The Morgan fingerprint density at radius 1 is 0.356 bits per heavy atom. The molecule has 8 aromatic heterocycles. The molecule has 1 fully saturated rings. The number of fused-ring (bicyclic) bond motifs is 4. The quantitative estimate of drug-likeness (QED) is 0.0248. The van der Waals surface area contributed by atoms with Crippen LogP contribution in [-0.4, -0.2) is 136 Å². The number of hydrogen-bond donors (Lipinski definition) is 7. The summed E-state index contributed by atoms with van der Waals surface area (Å²) in [4.78, 5) is 171. The molecule has 1 aliphatic heterocycles. The fourth-order valence-electron chi connectivity index (χ4n) is 17.1. The molecule has 1 atom stereocenters. The van der Waals surface area contributed by atoms with Crippen LogP contribution >= 0.6 is 11.6 Å². The molecule has 7 N–H and O–H groups in total. The minimum atomic E-state index is -0.348. The molecule has 0 bridgehead atoms. The maximum absolute atomic E-state index is 13.7. The van der Waals surface area contributed by atoms with Crippen LogP contribution in [0.4, 0.5) is 34.1 Å². The summed E-state index contributed by atoms with van der Waals surface area (Å²) < 4.78 is 23.1. The minimum Gasteiger partial charge on any atom is -0.497 e. The van der Waals surface area contributed by atoms with Crippen molar-refractivity contribution < 1.29 is 47.8 Å². The number of nitrogens with one attached hydrogen (secondary N) is 7. The second-order valence-corrected chi connectivity index (χ2v) is 34.1. The Balaban J connectivity index is 0.000000135. The fourth-order valence-corrected chi connectivity index (χ4v) is 17.3. The van der Waals surface area contributed by atoms with E-state index in [0.717, 1.165) is 22.4 Å². The first-order chi connectivity index (χ1) is 72.4. The smallest absolute Gasteiger partial charge is 0.338 e. The topological polar surface area (TPSA) is 402 Å². The molecule has 740 valence electrons. The first-order valence-electron chi connectivity index (χ1n) is 46.4. The van der Waals surface area contributed by atoms with E-state index in [0.29, 0.717) is 172 Å². The van der Waals surface area contributed by atoms with Gasteiger partial charge in [-0.15, -0.1) is 0 Å². The second-order valence-electron chi connectivity index (χ2n) is 33.6. The fraction of sp³-hybridized carbons (Fsp3) is 0.0702. The molecule has 1 saturated heterocycles. The number of nitrogens with zero attached hydrogens (tertiary/aromatic N) is 13. The Morgan fingerprint density at radius 3 is 1.18 bits per heavy atom. The third-order valence-corrected chi connectivity index (χ3v) is 24.4. The largest absolute Gasteiger partial charge is 0.497 e. The lowest BCUT2D eigenvalue weighted by Crippen LogP contribution is -2.31. The van der Waals surface area contributed by atoms with Crippen LogP contribution in [0.1, 0.15) is 65.0 Å². The van der Waals surface area contributed by atoms with Gasteiger partial charge in [0.1, 0.15) is 11.5 Å². The van der Waals surface area contributed by atoms with Crippen molar-refractivity contribution >= 4 is 137 Å². The molecule has 8 amide bonds. The Kier molecular flexibility index (Phi) is 30.5. The van der Waals surface area contributed by atoms with E-state index in [2.05, 4.69) is 83.5 Å². The standard InChI is InChI=1S/C29H23N5O4.C29H23N5O3.C28H20ClN5O3.C28H27N5O4/c1-3-27(35)31-20-7-6-8-22(17-20)34-24-15-16-30-18-25(24)33(29(34)37)21-13-11-19(12-14-21)32-28(36)23-9-4-5-10-26(23)38-2;1-3-27(35)31-22-8-5-9-24(17-22)34-25-14-15-30-18-26(25)33(29(34)37)23-12-10-21(11-13-23)32-28(36)20-7-4-6-19(2)16-20;1-2-26(35)31-21-7-4-8-23(16-21)34-24-13-14-30-17-25(24)33(28(34)37)22-11-9-20(10-12-22)32-27(36)18-5-3-6-19(29)15-18;1-3-26(34)31-14-12-22(18-31)33-24-11-13-29-17-25(24)32(28(33)36)21-9-7-20(8-10-21)27(35)30-16-19-5-4-6-23(15-19)37-2/h3-18H,1H2,2H3,(H,31,35)(H,32,36);3-18H,1H2,2H3,(H,31,35)(H,32,36);2-17H,1H2,(H,31,35)(H,32,36);3-11,13,15,17,22H,1,12,14,16,18H2,2H3,(H,30,35)/t;;;22-/m...1/s1. The summed E-state index contributed by atoms with van der Waals surface area (Å²) in [6, 6.07) is 84.2. The van der Waals surface area contributed by atoms with E-state index >= 15 is 0 Å². The van der Waals surface area contributed by atoms with Gasteiger partial charge in [-0.3, -0.25) is 94.8 Å². The molecule has 19 aromatic rings. The molecule has 20 rings (SSSR count). The van der Waals surface area contributed by atoms with Crippen molar-refractivity contribution in [2.75, 3.05) is 59.2 Å². The van der Waals surface area contributed by atoms with Crippen molar-refractivity contribution in [1.29, 1.82) is 0 Å². The molecule has 0 aliphatic carbocycles. The van der Waals surface area contributed by atoms with Gasteiger partial charge in [0.25, 0.3) is 23.6 Å². The number of amides is 8. The normalized spacial score (nSPS) is 11.8. The molecule has 149 heavy (non-hydrogen) atoms. The van der Waals surface area contributed by atoms with Gasteiger partial charge in [0.05, 0.1) is 135 Å². The number of likely N-dealkylation sites (tertiary alicyclic amines) is 1. The lowest BCUT2D eigenvalue weighted by Gasteiger charge is -2.15. The maximum atomic E-state index is 13.7. The van der Waals surface area contributed by atoms with Crippen LogP contribution in [0.3, 0.4) is 0 Å². The summed E-state index contributed by atoms with van der Waals surface area (Å²) in [5.74, 6) is -1.01. The minimum absolute atomic E-state index is 0.138. The monoisotopic (exact) mass is 2000 g/mol. The molecule has 9 heterocycles. The number of ether oxygens (including phenoxy) is 2. The number of halogens is 1. The Bertz CT molecular complexity index is 8460. The molecule has 1 aliphatic rings. The van der Waals surface area contributed by atoms with E-state index in [1.165, 1.54) is 31.4 Å². The highest BCUT2D eigenvalue weighted by atomic mass is 35.5. The van der Waals surface area contributed by atoms with Gasteiger partial charge in [0.2, 0.25) is 23.6 Å². The van der Waals surface area contributed by atoms with E-state index < -0.39 is 0 Å². The zero-order valence-electron chi connectivity index (χ0n) is 80.3. The van der Waals surface area contributed by atoms with Crippen molar-refractivity contribution in [3.63, 3.8) is 0 Å². The van der Waals surface area contributed by atoms with Gasteiger partial charge in [-0.25, -0.2) is 19.2 Å². The van der Waals surface area contributed by atoms with Gasteiger partial charge in [-0.05, 0) is 274 Å².